The number of alkyl halides is 1. The first-order chi connectivity index (χ1) is 10.2. The highest BCUT2D eigenvalue weighted by atomic mass is 35.5. The van der Waals surface area contributed by atoms with Gasteiger partial charge in [0.1, 0.15) is 5.82 Å². The molecule has 2 rings (SSSR count). The van der Waals surface area contributed by atoms with Crippen molar-refractivity contribution >= 4 is 28.2 Å². The number of hydrogen-bond acceptors (Lipinski definition) is 5. The molecule has 0 aliphatic heterocycles. The minimum Gasteiger partial charge on any atom is -0.493 e. The fourth-order valence-corrected chi connectivity index (χ4v) is 2.29. The van der Waals surface area contributed by atoms with Gasteiger partial charge in [0.15, 0.2) is 11.5 Å². The summed E-state index contributed by atoms with van der Waals surface area (Å²) in [6.07, 6.45) is 1.75. The first-order valence-electron chi connectivity index (χ1n) is 6.57. The number of nitrogens with zero attached hydrogens (tertiary/aromatic N) is 1. The van der Waals surface area contributed by atoms with E-state index in [0.717, 1.165) is 16.6 Å². The SMILES string of the molecule is COCC(Cl)CNc1nccc2cc(OC)c(OC)cc12. The Morgan fingerprint density at radius 3 is 2.57 bits per heavy atom. The third kappa shape index (κ3) is 3.68. The molecule has 0 saturated carbocycles. The molecule has 1 aromatic carbocycles. The van der Waals surface area contributed by atoms with E-state index in [-0.39, 0.29) is 5.38 Å². The van der Waals surface area contributed by atoms with Gasteiger partial charge in [-0.25, -0.2) is 4.98 Å². The molecule has 0 radical (unpaired) electrons. The number of methoxy groups -OCH3 is 3. The molecule has 0 bridgehead atoms. The van der Waals surface area contributed by atoms with Gasteiger partial charge in [-0.15, -0.1) is 11.6 Å². The van der Waals surface area contributed by atoms with Crippen LogP contribution in [0.5, 0.6) is 11.5 Å². The van der Waals surface area contributed by atoms with Crippen molar-refractivity contribution in [2.75, 3.05) is 39.8 Å². The number of pyridine rings is 1. The summed E-state index contributed by atoms with van der Waals surface area (Å²) in [5.41, 5.74) is 0. The Hall–Kier alpha value is -1.72. The van der Waals surface area contributed by atoms with Gasteiger partial charge in [0.2, 0.25) is 0 Å². The number of ether oxygens (including phenoxy) is 3. The molecule has 0 saturated heterocycles. The maximum atomic E-state index is 6.13. The average Bonchev–Trinajstić information content (AvgIpc) is 2.51. The van der Waals surface area contributed by atoms with Gasteiger partial charge in [0, 0.05) is 25.2 Å². The van der Waals surface area contributed by atoms with Crippen LogP contribution in [0.1, 0.15) is 0 Å². The van der Waals surface area contributed by atoms with E-state index in [0.29, 0.717) is 24.7 Å². The molecule has 5 nitrogen and oxygen atoms in total. The van der Waals surface area contributed by atoms with Crippen molar-refractivity contribution in [3.05, 3.63) is 24.4 Å². The highest BCUT2D eigenvalue weighted by molar-refractivity contribution is 6.21. The van der Waals surface area contributed by atoms with Crippen LogP contribution in [-0.4, -0.2) is 44.8 Å². The molecule has 1 unspecified atom stereocenters. The van der Waals surface area contributed by atoms with Crippen molar-refractivity contribution in [2.24, 2.45) is 0 Å². The lowest BCUT2D eigenvalue weighted by Crippen LogP contribution is -2.19. The average molecular weight is 311 g/mol. The van der Waals surface area contributed by atoms with Crippen LogP contribution in [0, 0.1) is 0 Å². The quantitative estimate of drug-likeness (QED) is 0.797. The molecule has 1 N–H and O–H groups in total. The molecule has 0 amide bonds. The minimum atomic E-state index is -0.118. The van der Waals surface area contributed by atoms with Crippen LogP contribution in [-0.2, 0) is 4.74 Å². The third-order valence-corrected chi connectivity index (χ3v) is 3.39. The summed E-state index contributed by atoms with van der Waals surface area (Å²) >= 11 is 6.13. The highest BCUT2D eigenvalue weighted by Crippen LogP contribution is 2.34. The van der Waals surface area contributed by atoms with Crippen LogP contribution >= 0.6 is 11.6 Å². The van der Waals surface area contributed by atoms with E-state index in [1.165, 1.54) is 0 Å². The zero-order valence-corrected chi connectivity index (χ0v) is 13.1. The van der Waals surface area contributed by atoms with Gasteiger partial charge in [-0.2, -0.15) is 0 Å². The second-order valence-corrected chi connectivity index (χ2v) is 5.14. The smallest absolute Gasteiger partial charge is 0.161 e. The van der Waals surface area contributed by atoms with Gasteiger partial charge in [-0.3, -0.25) is 0 Å². The van der Waals surface area contributed by atoms with Gasteiger partial charge in [-0.05, 0) is 23.6 Å². The molecule has 0 fully saturated rings. The van der Waals surface area contributed by atoms with Crippen molar-refractivity contribution in [3.63, 3.8) is 0 Å². The van der Waals surface area contributed by atoms with E-state index in [1.54, 1.807) is 27.5 Å². The van der Waals surface area contributed by atoms with Gasteiger partial charge in [0.05, 0.1) is 26.2 Å². The maximum absolute atomic E-state index is 6.13. The Bertz CT molecular complexity index is 607. The van der Waals surface area contributed by atoms with Crippen LogP contribution < -0.4 is 14.8 Å². The normalized spacial score (nSPS) is 12.2. The van der Waals surface area contributed by atoms with Crippen LogP contribution in [0.25, 0.3) is 10.8 Å². The van der Waals surface area contributed by atoms with Gasteiger partial charge < -0.3 is 19.5 Å². The summed E-state index contributed by atoms with van der Waals surface area (Å²) in [6, 6.07) is 5.76. The van der Waals surface area contributed by atoms with E-state index < -0.39 is 0 Å². The molecule has 6 heteroatoms. The second-order valence-electron chi connectivity index (χ2n) is 4.52. The number of rotatable bonds is 7. The third-order valence-electron chi connectivity index (χ3n) is 3.11. The van der Waals surface area contributed by atoms with Gasteiger partial charge >= 0.3 is 0 Å². The second kappa shape index (κ2) is 7.33. The number of halogens is 1. The molecule has 1 aromatic heterocycles. The first-order valence-corrected chi connectivity index (χ1v) is 7.00. The number of benzene rings is 1. The van der Waals surface area contributed by atoms with Crippen LogP contribution in [0.2, 0.25) is 0 Å². The topological polar surface area (TPSA) is 52.6 Å². The van der Waals surface area contributed by atoms with Crippen molar-refractivity contribution in [3.8, 4) is 11.5 Å². The number of anilines is 1. The standard InChI is InChI=1S/C15H19ClN2O3/c1-19-9-11(16)8-18-15-12-7-14(21-3)13(20-2)6-10(12)4-5-17-15/h4-7,11H,8-9H2,1-3H3,(H,17,18). The molecule has 1 atom stereocenters. The van der Waals surface area contributed by atoms with Gasteiger partial charge in [0.25, 0.3) is 0 Å². The highest BCUT2D eigenvalue weighted by Gasteiger charge is 2.11. The van der Waals surface area contributed by atoms with Gasteiger partial charge in [-0.1, -0.05) is 0 Å². The summed E-state index contributed by atoms with van der Waals surface area (Å²) in [6.45, 7) is 1.05. The Labute approximate surface area is 129 Å². The van der Waals surface area contributed by atoms with Crippen molar-refractivity contribution in [1.82, 2.24) is 4.98 Å². The summed E-state index contributed by atoms with van der Waals surface area (Å²) in [7, 11) is 4.86. The Balaban J connectivity index is 2.31. The fourth-order valence-electron chi connectivity index (χ4n) is 2.09. The number of fused-ring (bicyclic) bond motifs is 1. The Morgan fingerprint density at radius 1 is 1.19 bits per heavy atom. The summed E-state index contributed by atoms with van der Waals surface area (Å²) in [5.74, 6) is 2.12. The molecule has 114 valence electrons. The van der Waals surface area contributed by atoms with E-state index >= 15 is 0 Å². The number of nitrogens with one attached hydrogen (secondary N) is 1. The monoisotopic (exact) mass is 310 g/mol. The lowest BCUT2D eigenvalue weighted by Gasteiger charge is -2.14. The number of aromatic nitrogens is 1. The lowest BCUT2D eigenvalue weighted by atomic mass is 10.1. The van der Waals surface area contributed by atoms with Crippen LogP contribution in [0.15, 0.2) is 24.4 Å². The van der Waals surface area contributed by atoms with Crippen LogP contribution in [0.3, 0.4) is 0 Å². The van der Waals surface area contributed by atoms with E-state index in [9.17, 15) is 0 Å². The molecule has 0 aliphatic carbocycles. The molecule has 2 aromatic rings. The zero-order valence-electron chi connectivity index (χ0n) is 12.4. The molecular formula is C15H19ClN2O3. The van der Waals surface area contributed by atoms with E-state index in [2.05, 4.69) is 10.3 Å². The van der Waals surface area contributed by atoms with E-state index in [1.807, 2.05) is 18.2 Å². The fraction of sp³-hybridized carbons (Fsp3) is 0.400. The van der Waals surface area contributed by atoms with Crippen molar-refractivity contribution in [2.45, 2.75) is 5.38 Å². The maximum Gasteiger partial charge on any atom is 0.161 e. The first kappa shape index (κ1) is 15.7. The number of hydrogen-bond donors (Lipinski definition) is 1. The Kier molecular flexibility index (Phi) is 5.47. The summed E-state index contributed by atoms with van der Waals surface area (Å²) < 4.78 is 15.7. The van der Waals surface area contributed by atoms with E-state index in [4.69, 9.17) is 25.8 Å². The molecule has 0 aliphatic rings. The van der Waals surface area contributed by atoms with Crippen molar-refractivity contribution in [1.29, 1.82) is 0 Å². The molecule has 0 spiro atoms. The predicted molar refractivity (Wildman–Crippen MR) is 84.9 cm³/mol. The summed E-state index contributed by atoms with van der Waals surface area (Å²) in [5, 5.41) is 5.09. The molecular weight excluding hydrogens is 292 g/mol. The summed E-state index contributed by atoms with van der Waals surface area (Å²) in [4.78, 5) is 4.36. The zero-order chi connectivity index (χ0) is 15.2. The molecule has 1 heterocycles. The largest absolute Gasteiger partial charge is 0.493 e. The Morgan fingerprint density at radius 2 is 1.90 bits per heavy atom. The molecule has 21 heavy (non-hydrogen) atoms. The van der Waals surface area contributed by atoms with Crippen molar-refractivity contribution < 1.29 is 14.2 Å². The minimum absolute atomic E-state index is 0.118. The van der Waals surface area contributed by atoms with Crippen LogP contribution in [0.4, 0.5) is 5.82 Å². The predicted octanol–water partition coefficient (Wildman–Crippen LogP) is 2.92. The lowest BCUT2D eigenvalue weighted by molar-refractivity contribution is 0.200.